The molecule has 26 heavy (non-hydrogen) atoms. The van der Waals surface area contributed by atoms with Crippen LogP contribution in [0.15, 0.2) is 54.6 Å². The maximum Gasteiger partial charge on any atom is 0.247 e. The summed E-state index contributed by atoms with van der Waals surface area (Å²) in [5, 5.41) is 3.03. The molecule has 0 saturated carbocycles. The minimum Gasteiger partial charge on any atom is -0.354 e. The maximum atomic E-state index is 13.0. The minimum absolute atomic E-state index is 0.00318. The molecular weight excluding hydrogens is 324 g/mol. The number of benzene rings is 2. The summed E-state index contributed by atoms with van der Waals surface area (Å²) in [7, 11) is 0. The molecule has 1 atom stereocenters. The molecule has 2 aromatic rings. The molecule has 0 aliphatic carbocycles. The Morgan fingerprint density at radius 2 is 1.81 bits per heavy atom. The Hall–Kier alpha value is -2.62. The third-order valence-corrected chi connectivity index (χ3v) is 4.79. The van der Waals surface area contributed by atoms with E-state index in [0.29, 0.717) is 25.4 Å². The van der Waals surface area contributed by atoms with Crippen LogP contribution in [0.2, 0.25) is 0 Å². The van der Waals surface area contributed by atoms with Crippen LogP contribution in [0.3, 0.4) is 0 Å². The van der Waals surface area contributed by atoms with E-state index in [2.05, 4.69) is 19.2 Å². The number of nitrogens with one attached hydrogen (secondary N) is 1. The van der Waals surface area contributed by atoms with E-state index < -0.39 is 6.04 Å². The van der Waals surface area contributed by atoms with E-state index >= 15 is 0 Å². The van der Waals surface area contributed by atoms with Gasteiger partial charge in [-0.1, -0.05) is 68.4 Å². The Bertz CT molecular complexity index is 771. The number of hydrogen-bond donors (Lipinski definition) is 1. The molecule has 3 rings (SSSR count). The molecule has 0 aromatic heterocycles. The van der Waals surface area contributed by atoms with Crippen molar-refractivity contribution >= 4 is 11.8 Å². The first-order chi connectivity index (χ1) is 12.6. The van der Waals surface area contributed by atoms with Crippen molar-refractivity contribution in [3.8, 4) is 0 Å². The van der Waals surface area contributed by atoms with Crippen LogP contribution in [0.25, 0.3) is 0 Å². The molecule has 1 aliphatic rings. The van der Waals surface area contributed by atoms with Gasteiger partial charge in [0.15, 0.2) is 0 Å². The van der Waals surface area contributed by atoms with Crippen LogP contribution in [0.1, 0.15) is 43.0 Å². The average Bonchev–Trinajstić information content (AvgIpc) is 2.62. The number of amides is 2. The molecule has 4 heteroatoms. The molecule has 0 unspecified atom stereocenters. The largest absolute Gasteiger partial charge is 0.354 e. The number of carbonyl (C=O) groups is 2. The quantitative estimate of drug-likeness (QED) is 0.867. The highest BCUT2D eigenvalue weighted by atomic mass is 16.2. The highest BCUT2D eigenvalue weighted by Crippen LogP contribution is 2.32. The Balaban J connectivity index is 1.87. The van der Waals surface area contributed by atoms with Crippen molar-refractivity contribution in [3.05, 3.63) is 71.3 Å². The van der Waals surface area contributed by atoms with Gasteiger partial charge >= 0.3 is 0 Å². The number of carbonyl (C=O) groups excluding carboxylic acids is 2. The number of nitrogens with zero attached hydrogens (tertiary/aromatic N) is 1. The second-order valence-corrected chi connectivity index (χ2v) is 7.26. The summed E-state index contributed by atoms with van der Waals surface area (Å²) in [4.78, 5) is 27.5. The summed E-state index contributed by atoms with van der Waals surface area (Å²) < 4.78 is 0. The zero-order chi connectivity index (χ0) is 18.5. The normalized spacial score (nSPS) is 16.5. The van der Waals surface area contributed by atoms with E-state index in [9.17, 15) is 9.59 Å². The first-order valence-corrected chi connectivity index (χ1v) is 9.25. The van der Waals surface area contributed by atoms with E-state index in [1.54, 1.807) is 4.90 Å². The van der Waals surface area contributed by atoms with E-state index in [4.69, 9.17) is 0 Å². The van der Waals surface area contributed by atoms with E-state index in [1.807, 2.05) is 54.6 Å². The van der Waals surface area contributed by atoms with Crippen molar-refractivity contribution in [2.24, 2.45) is 5.92 Å². The summed E-state index contributed by atoms with van der Waals surface area (Å²) in [5.74, 6) is 0.426. The molecule has 136 valence electrons. The molecule has 0 fully saturated rings. The SMILES string of the molecule is CC(C)CCNC(=O)[C@@H]1c2ccccc2CC(=O)N1Cc1ccccc1. The van der Waals surface area contributed by atoms with Gasteiger partial charge < -0.3 is 10.2 Å². The lowest BCUT2D eigenvalue weighted by Gasteiger charge is -2.36. The Kier molecular flexibility index (Phi) is 5.71. The highest BCUT2D eigenvalue weighted by molar-refractivity contribution is 5.92. The highest BCUT2D eigenvalue weighted by Gasteiger charge is 2.36. The summed E-state index contributed by atoms with van der Waals surface area (Å²) in [5.41, 5.74) is 2.91. The molecule has 0 radical (unpaired) electrons. The van der Waals surface area contributed by atoms with Crippen LogP contribution >= 0.6 is 0 Å². The molecule has 0 bridgehead atoms. The van der Waals surface area contributed by atoms with Crippen molar-refractivity contribution in [3.63, 3.8) is 0 Å². The topological polar surface area (TPSA) is 49.4 Å². The van der Waals surface area contributed by atoms with Crippen LogP contribution in [0.5, 0.6) is 0 Å². The predicted molar refractivity (Wildman–Crippen MR) is 102 cm³/mol. The third kappa shape index (κ3) is 4.13. The number of fused-ring (bicyclic) bond motifs is 1. The van der Waals surface area contributed by atoms with E-state index in [-0.39, 0.29) is 11.8 Å². The zero-order valence-corrected chi connectivity index (χ0v) is 15.4. The summed E-state index contributed by atoms with van der Waals surface area (Å²) in [6.45, 7) is 5.33. The molecule has 0 saturated heterocycles. The molecule has 4 nitrogen and oxygen atoms in total. The van der Waals surface area contributed by atoms with Gasteiger partial charge in [-0.25, -0.2) is 0 Å². The Labute approximate surface area is 155 Å². The van der Waals surface area contributed by atoms with Gasteiger partial charge in [0.1, 0.15) is 6.04 Å². The van der Waals surface area contributed by atoms with Crippen LogP contribution < -0.4 is 5.32 Å². The van der Waals surface area contributed by atoms with Crippen molar-refractivity contribution in [2.75, 3.05) is 6.54 Å². The van der Waals surface area contributed by atoms with Crippen molar-refractivity contribution in [1.29, 1.82) is 0 Å². The first kappa shape index (κ1) is 18.2. The monoisotopic (exact) mass is 350 g/mol. The third-order valence-electron chi connectivity index (χ3n) is 4.79. The lowest BCUT2D eigenvalue weighted by molar-refractivity contribution is -0.142. The fourth-order valence-electron chi connectivity index (χ4n) is 3.36. The van der Waals surface area contributed by atoms with Gasteiger partial charge in [-0.05, 0) is 29.0 Å². The van der Waals surface area contributed by atoms with Crippen LogP contribution in [0, 0.1) is 5.92 Å². The molecule has 1 aliphatic heterocycles. The molecule has 1 heterocycles. The van der Waals surface area contributed by atoms with Crippen molar-refractivity contribution in [2.45, 2.75) is 39.3 Å². The summed E-state index contributed by atoms with van der Waals surface area (Å²) in [6.07, 6.45) is 1.27. The molecule has 0 spiro atoms. The minimum atomic E-state index is -0.570. The van der Waals surface area contributed by atoms with Crippen molar-refractivity contribution < 1.29 is 9.59 Å². The molecular formula is C22H26N2O2. The summed E-state index contributed by atoms with van der Waals surface area (Å²) >= 11 is 0. The molecule has 2 amide bonds. The van der Waals surface area contributed by atoms with E-state index in [1.165, 1.54) is 0 Å². The summed E-state index contributed by atoms with van der Waals surface area (Å²) in [6, 6.07) is 17.0. The van der Waals surface area contributed by atoms with E-state index in [0.717, 1.165) is 23.1 Å². The fraction of sp³-hybridized carbons (Fsp3) is 0.364. The van der Waals surface area contributed by atoms with Gasteiger partial charge in [-0.15, -0.1) is 0 Å². The standard InChI is InChI=1S/C22H26N2O2/c1-16(2)12-13-23-22(26)21-19-11-7-6-10-18(19)14-20(25)24(21)15-17-8-4-3-5-9-17/h3-11,16,21H,12-15H2,1-2H3,(H,23,26)/t21-/m0/s1. The average molecular weight is 350 g/mol. The lowest BCUT2D eigenvalue weighted by Crippen LogP contribution is -2.47. The Morgan fingerprint density at radius 1 is 1.12 bits per heavy atom. The smallest absolute Gasteiger partial charge is 0.247 e. The maximum absolute atomic E-state index is 13.0. The van der Waals surface area contributed by atoms with Gasteiger partial charge in [0.25, 0.3) is 0 Å². The zero-order valence-electron chi connectivity index (χ0n) is 15.4. The predicted octanol–water partition coefficient (Wildman–Crippen LogP) is 3.47. The van der Waals surface area contributed by atoms with Gasteiger partial charge in [0.05, 0.1) is 6.42 Å². The van der Waals surface area contributed by atoms with Gasteiger partial charge in [0, 0.05) is 13.1 Å². The molecule has 1 N–H and O–H groups in total. The number of rotatable bonds is 6. The van der Waals surface area contributed by atoms with Crippen LogP contribution in [0.4, 0.5) is 0 Å². The lowest BCUT2D eigenvalue weighted by atomic mass is 9.91. The van der Waals surface area contributed by atoms with Gasteiger partial charge in [-0.2, -0.15) is 0 Å². The van der Waals surface area contributed by atoms with Crippen LogP contribution in [-0.2, 0) is 22.6 Å². The molecule has 2 aromatic carbocycles. The second kappa shape index (κ2) is 8.17. The second-order valence-electron chi connectivity index (χ2n) is 7.26. The Morgan fingerprint density at radius 3 is 2.54 bits per heavy atom. The van der Waals surface area contributed by atoms with Crippen LogP contribution in [-0.4, -0.2) is 23.3 Å². The number of hydrogen-bond acceptors (Lipinski definition) is 2. The van der Waals surface area contributed by atoms with Crippen molar-refractivity contribution in [1.82, 2.24) is 10.2 Å². The fourth-order valence-corrected chi connectivity index (χ4v) is 3.36. The first-order valence-electron chi connectivity index (χ1n) is 9.25. The van der Waals surface area contributed by atoms with Gasteiger partial charge in [0.2, 0.25) is 11.8 Å². The van der Waals surface area contributed by atoms with Gasteiger partial charge in [-0.3, -0.25) is 9.59 Å².